The highest BCUT2D eigenvalue weighted by Crippen LogP contribution is 2.21. The van der Waals surface area contributed by atoms with Gasteiger partial charge in [-0.3, -0.25) is 9.69 Å². The molecule has 114 valence electrons. The second-order valence-electron chi connectivity index (χ2n) is 4.80. The molecule has 1 atom stereocenters. The third-order valence-corrected chi connectivity index (χ3v) is 3.98. The molecule has 1 N–H and O–H groups in total. The Bertz CT molecular complexity index is 608. The molecule has 0 saturated carbocycles. The van der Waals surface area contributed by atoms with E-state index in [2.05, 4.69) is 15.3 Å². The highest BCUT2D eigenvalue weighted by Gasteiger charge is 2.15. The number of aryl methyl sites for hydroxylation is 1. The van der Waals surface area contributed by atoms with Gasteiger partial charge >= 0.3 is 0 Å². The average molecular weight is 308 g/mol. The second kappa shape index (κ2) is 6.82. The van der Waals surface area contributed by atoms with Crippen LogP contribution in [0.2, 0.25) is 0 Å². The minimum atomic E-state index is 0.00925. The van der Waals surface area contributed by atoms with Gasteiger partial charge < -0.3 is 9.73 Å². The van der Waals surface area contributed by atoms with Gasteiger partial charge in [-0.2, -0.15) is 0 Å². The molecule has 0 saturated heterocycles. The van der Waals surface area contributed by atoms with Gasteiger partial charge in [-0.05, 0) is 20.8 Å². The Morgan fingerprint density at radius 2 is 2.33 bits per heavy atom. The number of amides is 1. The average Bonchev–Trinajstić information content (AvgIpc) is 3.06. The molecule has 0 fully saturated rings. The van der Waals surface area contributed by atoms with Crippen molar-refractivity contribution in [2.45, 2.75) is 40.3 Å². The maximum Gasteiger partial charge on any atom is 0.225 e. The van der Waals surface area contributed by atoms with E-state index in [-0.39, 0.29) is 11.9 Å². The molecule has 0 radical (unpaired) electrons. The van der Waals surface area contributed by atoms with Gasteiger partial charge in [-0.15, -0.1) is 11.3 Å². The van der Waals surface area contributed by atoms with E-state index >= 15 is 0 Å². The minimum Gasteiger partial charge on any atom is -0.444 e. The molecule has 0 bridgehead atoms. The van der Waals surface area contributed by atoms with Gasteiger partial charge in [-0.1, -0.05) is 0 Å². The number of carbonyl (C=O) groups is 1. The molecule has 0 aliphatic carbocycles. The molecule has 0 spiro atoms. The third-order valence-electron chi connectivity index (χ3n) is 3.07. The zero-order chi connectivity index (χ0) is 15.4. The Morgan fingerprint density at radius 3 is 2.90 bits per heavy atom. The van der Waals surface area contributed by atoms with Crippen LogP contribution in [0.3, 0.4) is 0 Å². The molecule has 2 rings (SSSR count). The first-order valence-electron chi connectivity index (χ1n) is 6.89. The lowest BCUT2D eigenvalue weighted by molar-refractivity contribution is -0.116. The number of rotatable bonds is 6. The Balaban J connectivity index is 1.95. The number of anilines is 1. The Kier molecular flexibility index (Phi) is 5.08. The molecule has 0 aliphatic rings. The van der Waals surface area contributed by atoms with Crippen molar-refractivity contribution in [1.29, 1.82) is 0 Å². The van der Waals surface area contributed by atoms with Crippen LogP contribution in [0.25, 0.3) is 0 Å². The molecule has 0 aliphatic heterocycles. The number of nitrogens with zero attached hydrogens (tertiary/aromatic N) is 3. The van der Waals surface area contributed by atoms with Crippen molar-refractivity contribution in [2.24, 2.45) is 0 Å². The summed E-state index contributed by atoms with van der Waals surface area (Å²) < 4.78 is 5.48. The fourth-order valence-electron chi connectivity index (χ4n) is 1.91. The van der Waals surface area contributed by atoms with Gasteiger partial charge in [0.15, 0.2) is 5.13 Å². The number of aromatic nitrogens is 2. The maximum absolute atomic E-state index is 11.5. The molecule has 2 aromatic heterocycles. The van der Waals surface area contributed by atoms with Gasteiger partial charge in [0.05, 0.1) is 17.9 Å². The molecule has 1 unspecified atom stereocenters. The minimum absolute atomic E-state index is 0.00925. The standard InChI is InChI=1S/C14H20N4O2S/c1-5-18(11(4)19)14-17-12(8-21-14)7-15-10(3)13-16-6-9(2)20-13/h6,8,10,15H,5,7H2,1-4H3. The molecule has 6 nitrogen and oxygen atoms in total. The molecular formula is C14H20N4O2S. The van der Waals surface area contributed by atoms with E-state index in [0.29, 0.717) is 19.0 Å². The van der Waals surface area contributed by atoms with Crippen molar-refractivity contribution < 1.29 is 9.21 Å². The van der Waals surface area contributed by atoms with Gasteiger partial charge in [0.1, 0.15) is 5.76 Å². The van der Waals surface area contributed by atoms with Crippen molar-refractivity contribution >= 4 is 22.4 Å². The summed E-state index contributed by atoms with van der Waals surface area (Å²) in [5, 5.41) is 6.01. The van der Waals surface area contributed by atoms with Crippen molar-refractivity contribution in [3.05, 3.63) is 28.9 Å². The van der Waals surface area contributed by atoms with Crippen LogP contribution >= 0.6 is 11.3 Å². The Hall–Kier alpha value is -1.73. The van der Waals surface area contributed by atoms with Crippen LogP contribution in [0, 0.1) is 6.92 Å². The summed E-state index contributed by atoms with van der Waals surface area (Å²) in [5.74, 6) is 1.48. The monoisotopic (exact) mass is 308 g/mol. The first-order chi connectivity index (χ1) is 10.0. The predicted molar refractivity (Wildman–Crippen MR) is 82.3 cm³/mol. The van der Waals surface area contributed by atoms with Crippen LogP contribution in [0.15, 0.2) is 16.0 Å². The zero-order valence-electron chi connectivity index (χ0n) is 12.7. The van der Waals surface area contributed by atoms with Gasteiger partial charge in [0, 0.05) is 25.4 Å². The molecule has 1 amide bonds. The van der Waals surface area contributed by atoms with Gasteiger partial charge in [0.2, 0.25) is 11.8 Å². The van der Waals surface area contributed by atoms with E-state index in [1.54, 1.807) is 18.0 Å². The van der Waals surface area contributed by atoms with Crippen LogP contribution in [-0.2, 0) is 11.3 Å². The van der Waals surface area contributed by atoms with E-state index in [0.717, 1.165) is 16.6 Å². The normalized spacial score (nSPS) is 12.4. The highest BCUT2D eigenvalue weighted by atomic mass is 32.1. The molecular weight excluding hydrogens is 288 g/mol. The van der Waals surface area contributed by atoms with Crippen LogP contribution in [-0.4, -0.2) is 22.4 Å². The fraction of sp³-hybridized carbons (Fsp3) is 0.500. The van der Waals surface area contributed by atoms with E-state index < -0.39 is 0 Å². The first-order valence-corrected chi connectivity index (χ1v) is 7.77. The number of nitrogens with one attached hydrogen (secondary N) is 1. The van der Waals surface area contributed by atoms with Crippen molar-refractivity contribution in [1.82, 2.24) is 15.3 Å². The topological polar surface area (TPSA) is 71.3 Å². The second-order valence-corrected chi connectivity index (χ2v) is 5.63. The Labute approximate surface area is 128 Å². The van der Waals surface area contributed by atoms with E-state index in [1.807, 2.05) is 26.2 Å². The molecule has 2 aromatic rings. The van der Waals surface area contributed by atoms with E-state index in [4.69, 9.17) is 4.42 Å². The molecule has 2 heterocycles. The summed E-state index contributed by atoms with van der Waals surface area (Å²) in [5.41, 5.74) is 0.907. The Morgan fingerprint density at radius 1 is 1.57 bits per heavy atom. The molecule has 21 heavy (non-hydrogen) atoms. The number of thiazole rings is 1. The predicted octanol–water partition coefficient (Wildman–Crippen LogP) is 2.66. The largest absolute Gasteiger partial charge is 0.444 e. The van der Waals surface area contributed by atoms with Crippen molar-refractivity contribution in [2.75, 3.05) is 11.4 Å². The summed E-state index contributed by atoms with van der Waals surface area (Å²) in [6.07, 6.45) is 1.71. The maximum atomic E-state index is 11.5. The smallest absolute Gasteiger partial charge is 0.225 e. The van der Waals surface area contributed by atoms with Crippen LogP contribution in [0.4, 0.5) is 5.13 Å². The van der Waals surface area contributed by atoms with Gasteiger partial charge in [0.25, 0.3) is 0 Å². The number of carbonyl (C=O) groups excluding carboxylic acids is 1. The number of oxazole rings is 1. The summed E-state index contributed by atoms with van der Waals surface area (Å²) in [4.78, 5) is 21.8. The summed E-state index contributed by atoms with van der Waals surface area (Å²) in [6, 6.07) is 0.0129. The van der Waals surface area contributed by atoms with Crippen molar-refractivity contribution in [3.8, 4) is 0 Å². The zero-order valence-corrected chi connectivity index (χ0v) is 13.5. The summed E-state index contributed by atoms with van der Waals surface area (Å²) in [6.45, 7) is 8.59. The van der Waals surface area contributed by atoms with E-state index in [9.17, 15) is 4.79 Å². The number of hydrogen-bond donors (Lipinski definition) is 1. The fourth-order valence-corrected chi connectivity index (χ4v) is 2.84. The first kappa shape index (κ1) is 15.7. The van der Waals surface area contributed by atoms with Crippen molar-refractivity contribution in [3.63, 3.8) is 0 Å². The third kappa shape index (κ3) is 3.89. The summed E-state index contributed by atoms with van der Waals surface area (Å²) in [7, 11) is 0. The van der Waals surface area contributed by atoms with Crippen LogP contribution < -0.4 is 10.2 Å². The molecule has 0 aromatic carbocycles. The lowest BCUT2D eigenvalue weighted by Gasteiger charge is -2.14. The van der Waals surface area contributed by atoms with E-state index in [1.165, 1.54) is 11.3 Å². The lowest BCUT2D eigenvalue weighted by atomic mass is 10.3. The quantitative estimate of drug-likeness (QED) is 0.888. The lowest BCUT2D eigenvalue weighted by Crippen LogP contribution is -2.27. The SMILES string of the molecule is CCN(C(C)=O)c1nc(CNC(C)c2ncc(C)o2)cs1. The highest BCUT2D eigenvalue weighted by molar-refractivity contribution is 7.14. The van der Waals surface area contributed by atoms with Gasteiger partial charge in [-0.25, -0.2) is 9.97 Å². The molecule has 7 heteroatoms. The summed E-state index contributed by atoms with van der Waals surface area (Å²) >= 11 is 1.48. The number of hydrogen-bond acceptors (Lipinski definition) is 6. The van der Waals surface area contributed by atoms with Crippen LogP contribution in [0.1, 0.15) is 44.2 Å². The van der Waals surface area contributed by atoms with Crippen LogP contribution in [0.5, 0.6) is 0 Å².